The average molecular weight is 1520 g/mol. The lowest BCUT2D eigenvalue weighted by atomic mass is 10.0. The Kier molecular flexibility index (Phi) is 77.7. The minimum atomic E-state index is -4.96. The molecular weight excluding hydrogens is 1350 g/mol. The summed E-state index contributed by atoms with van der Waals surface area (Å²) >= 11 is 0. The van der Waals surface area contributed by atoms with Crippen molar-refractivity contribution in [1.82, 2.24) is 0 Å². The summed E-state index contributed by atoms with van der Waals surface area (Å²) < 4.78 is 68.8. The molecule has 5 atom stereocenters. The van der Waals surface area contributed by atoms with E-state index in [1.807, 2.05) is 0 Å². The maximum atomic E-state index is 13.1. The molecule has 618 valence electrons. The summed E-state index contributed by atoms with van der Waals surface area (Å²) in [5.41, 5.74) is 0. The first-order chi connectivity index (χ1) is 50.7. The number of aliphatic hydroxyl groups excluding tert-OH is 1. The number of hydrogen-bond donors (Lipinski definition) is 3. The summed E-state index contributed by atoms with van der Waals surface area (Å²) in [7, 11) is -9.92. The van der Waals surface area contributed by atoms with E-state index < -0.39 is 97.5 Å². The second-order valence-corrected chi connectivity index (χ2v) is 33.5. The van der Waals surface area contributed by atoms with Gasteiger partial charge in [-0.15, -0.1) is 0 Å². The van der Waals surface area contributed by atoms with Crippen molar-refractivity contribution in [3.63, 3.8) is 0 Å². The molecule has 0 radical (unpaired) electrons. The van der Waals surface area contributed by atoms with Crippen molar-refractivity contribution in [2.24, 2.45) is 0 Å². The van der Waals surface area contributed by atoms with Crippen LogP contribution in [0.25, 0.3) is 0 Å². The largest absolute Gasteiger partial charge is 0.472 e. The van der Waals surface area contributed by atoms with E-state index in [9.17, 15) is 43.2 Å². The Bertz CT molecular complexity index is 1960. The number of carbonyl (C=O) groups excluding carboxylic acids is 4. The van der Waals surface area contributed by atoms with Gasteiger partial charge < -0.3 is 33.8 Å². The van der Waals surface area contributed by atoms with Gasteiger partial charge in [-0.25, -0.2) is 9.13 Å². The maximum absolute atomic E-state index is 13.1. The van der Waals surface area contributed by atoms with Crippen molar-refractivity contribution in [1.29, 1.82) is 0 Å². The van der Waals surface area contributed by atoms with Crippen LogP contribution in [0.1, 0.15) is 464 Å². The van der Waals surface area contributed by atoms with Gasteiger partial charge in [0.15, 0.2) is 12.2 Å². The Morgan fingerprint density at radius 1 is 0.231 bits per heavy atom. The summed E-state index contributed by atoms with van der Waals surface area (Å²) in [6, 6.07) is 0. The monoisotopic (exact) mass is 1520 g/mol. The standard InChI is InChI=1S/C85H166O17P2/c1-5-9-13-17-21-25-29-32-35-38-39-40-41-42-43-46-49-52-56-60-64-68-72-85(90)102-81(76-96-83(88)70-66-62-58-54-50-47-44-36-33-30-26-22-18-14-10-6-2)78-100-104(93,94)98-74-79(86)73-97-103(91,92)99-77-80(75-95-82(87)69-65-61-57-53-28-24-20-16-12-8-4)101-84(89)71-67-63-59-55-51-48-45-37-34-31-27-23-19-15-11-7-3/h79-81,86H,5-78H2,1-4H3,(H,91,92)(H,93,94)/t79-,80+,81+/m0/s1. The molecule has 104 heavy (non-hydrogen) atoms. The minimum absolute atomic E-state index is 0.109. The third kappa shape index (κ3) is 78.2. The molecule has 0 rings (SSSR count). The van der Waals surface area contributed by atoms with Crippen LogP contribution in [-0.2, 0) is 65.4 Å². The van der Waals surface area contributed by atoms with Crippen molar-refractivity contribution >= 4 is 39.5 Å². The fraction of sp³-hybridized carbons (Fsp3) is 0.953. The molecule has 19 heteroatoms. The van der Waals surface area contributed by atoms with Gasteiger partial charge in [-0.05, 0) is 25.7 Å². The highest BCUT2D eigenvalue weighted by molar-refractivity contribution is 7.47. The van der Waals surface area contributed by atoms with Gasteiger partial charge >= 0.3 is 39.5 Å². The van der Waals surface area contributed by atoms with Crippen LogP contribution in [0.4, 0.5) is 0 Å². The SMILES string of the molecule is CCCCCCCCCCCCCCCCCCCCCCCCC(=O)O[C@H](COC(=O)CCCCCCCCCCCCCCCCCC)COP(=O)(O)OC[C@@H](O)COP(=O)(O)OC[C@@H](COC(=O)CCCCCCCCCCCC)OC(=O)CCCCCCCCCCCCCCCCCC. The molecule has 0 aromatic carbocycles. The van der Waals surface area contributed by atoms with Gasteiger partial charge in [0.2, 0.25) is 0 Å². The van der Waals surface area contributed by atoms with Crippen LogP contribution in [0, 0.1) is 0 Å². The topological polar surface area (TPSA) is 237 Å². The number of carbonyl (C=O) groups is 4. The molecule has 0 aromatic heterocycles. The van der Waals surface area contributed by atoms with Crippen molar-refractivity contribution < 1.29 is 80.2 Å². The molecule has 0 saturated heterocycles. The van der Waals surface area contributed by atoms with E-state index in [0.717, 1.165) is 89.9 Å². The van der Waals surface area contributed by atoms with Gasteiger partial charge in [0, 0.05) is 25.7 Å². The summed E-state index contributed by atoms with van der Waals surface area (Å²) in [5, 5.41) is 10.7. The lowest BCUT2D eigenvalue weighted by Gasteiger charge is -2.21. The zero-order valence-corrected chi connectivity index (χ0v) is 69.8. The number of rotatable bonds is 86. The van der Waals surface area contributed by atoms with Crippen molar-refractivity contribution in [2.45, 2.75) is 483 Å². The summed E-state index contributed by atoms with van der Waals surface area (Å²) in [4.78, 5) is 73.2. The van der Waals surface area contributed by atoms with Gasteiger partial charge in [0.1, 0.15) is 19.3 Å². The molecule has 0 spiro atoms. The number of phosphoric acid groups is 2. The quantitative estimate of drug-likeness (QED) is 0.0222. The molecule has 0 fully saturated rings. The number of hydrogen-bond acceptors (Lipinski definition) is 15. The lowest BCUT2D eigenvalue weighted by Crippen LogP contribution is -2.30. The molecule has 0 aliphatic heterocycles. The first-order valence-corrected chi connectivity index (χ1v) is 47.3. The third-order valence-electron chi connectivity index (χ3n) is 20.1. The van der Waals surface area contributed by atoms with E-state index in [1.54, 1.807) is 0 Å². The fourth-order valence-corrected chi connectivity index (χ4v) is 14.9. The highest BCUT2D eigenvalue weighted by Crippen LogP contribution is 2.45. The molecule has 0 aromatic rings. The molecule has 0 saturated carbocycles. The zero-order chi connectivity index (χ0) is 76.0. The number of unbranched alkanes of at least 4 members (excludes halogenated alkanes) is 60. The summed E-state index contributed by atoms with van der Waals surface area (Å²) in [6.07, 6.45) is 73.6. The Morgan fingerprint density at radius 3 is 0.567 bits per heavy atom. The van der Waals surface area contributed by atoms with Gasteiger partial charge in [0.05, 0.1) is 26.4 Å². The van der Waals surface area contributed by atoms with Crippen LogP contribution < -0.4 is 0 Å². The highest BCUT2D eigenvalue weighted by atomic mass is 31.2. The summed E-state index contributed by atoms with van der Waals surface area (Å²) in [6.45, 7) is 5.05. The molecule has 0 aliphatic carbocycles. The van der Waals surface area contributed by atoms with Crippen LogP contribution in [-0.4, -0.2) is 96.7 Å². The molecule has 0 aliphatic rings. The van der Waals surface area contributed by atoms with Gasteiger partial charge in [-0.2, -0.15) is 0 Å². The van der Waals surface area contributed by atoms with E-state index in [0.29, 0.717) is 25.7 Å². The number of phosphoric ester groups is 2. The average Bonchev–Trinajstić information content (AvgIpc) is 0.919. The highest BCUT2D eigenvalue weighted by Gasteiger charge is 2.30. The van der Waals surface area contributed by atoms with Crippen LogP contribution in [0.2, 0.25) is 0 Å². The van der Waals surface area contributed by atoms with E-state index in [2.05, 4.69) is 27.7 Å². The second kappa shape index (κ2) is 79.2. The predicted molar refractivity (Wildman–Crippen MR) is 428 cm³/mol. The van der Waals surface area contributed by atoms with Crippen molar-refractivity contribution in [3.05, 3.63) is 0 Å². The summed E-state index contributed by atoms with van der Waals surface area (Å²) in [5.74, 6) is -2.10. The van der Waals surface area contributed by atoms with E-state index in [4.69, 9.17) is 37.0 Å². The molecule has 2 unspecified atom stereocenters. The second-order valence-electron chi connectivity index (χ2n) is 30.6. The van der Waals surface area contributed by atoms with Crippen molar-refractivity contribution in [2.75, 3.05) is 39.6 Å². The number of ether oxygens (including phenoxy) is 4. The lowest BCUT2D eigenvalue weighted by molar-refractivity contribution is -0.161. The van der Waals surface area contributed by atoms with Crippen molar-refractivity contribution in [3.8, 4) is 0 Å². The first-order valence-electron chi connectivity index (χ1n) is 44.3. The molecule has 0 amide bonds. The Labute approximate surface area is 638 Å². The van der Waals surface area contributed by atoms with Crippen LogP contribution >= 0.6 is 15.6 Å². The zero-order valence-electron chi connectivity index (χ0n) is 68.0. The fourth-order valence-electron chi connectivity index (χ4n) is 13.3. The Morgan fingerprint density at radius 2 is 0.385 bits per heavy atom. The molecular formula is C85H166O17P2. The third-order valence-corrected chi connectivity index (χ3v) is 22.0. The van der Waals surface area contributed by atoms with Crippen LogP contribution in [0.5, 0.6) is 0 Å². The molecule has 17 nitrogen and oxygen atoms in total. The van der Waals surface area contributed by atoms with Gasteiger partial charge in [-0.3, -0.25) is 37.3 Å². The molecule has 3 N–H and O–H groups in total. The number of aliphatic hydroxyl groups is 1. The smallest absolute Gasteiger partial charge is 0.462 e. The minimum Gasteiger partial charge on any atom is -0.462 e. The van der Waals surface area contributed by atoms with Crippen LogP contribution in [0.3, 0.4) is 0 Å². The van der Waals surface area contributed by atoms with Gasteiger partial charge in [0.25, 0.3) is 0 Å². The predicted octanol–water partition coefficient (Wildman–Crippen LogP) is 26.1. The Balaban J connectivity index is 5.21. The van der Waals surface area contributed by atoms with E-state index >= 15 is 0 Å². The molecule has 0 heterocycles. The van der Waals surface area contributed by atoms with E-state index in [-0.39, 0.29) is 25.7 Å². The Hall–Kier alpha value is -1.94. The first kappa shape index (κ1) is 102. The van der Waals surface area contributed by atoms with Crippen LogP contribution in [0.15, 0.2) is 0 Å². The molecule has 0 bridgehead atoms. The van der Waals surface area contributed by atoms with E-state index in [1.165, 1.54) is 295 Å². The maximum Gasteiger partial charge on any atom is 0.472 e. The number of esters is 4. The normalized spacial score (nSPS) is 13.7. The van der Waals surface area contributed by atoms with Gasteiger partial charge in [-0.1, -0.05) is 413 Å².